The largest absolute Gasteiger partial charge is 0.341 e. The summed E-state index contributed by atoms with van der Waals surface area (Å²) in [6, 6.07) is 9.86. The number of benzene rings is 1. The number of carbonyl (C=O) groups is 3. The number of para-hydroxylation sites is 1. The average molecular weight is 470 g/mol. The minimum absolute atomic E-state index is 0.00552. The van der Waals surface area contributed by atoms with Gasteiger partial charge in [-0.2, -0.15) is 0 Å². The topological polar surface area (TPSA) is 76.2 Å². The molecule has 0 atom stereocenters. The molecule has 3 aliphatic heterocycles. The van der Waals surface area contributed by atoms with E-state index in [1.165, 1.54) is 0 Å². The molecule has 3 aliphatic rings. The van der Waals surface area contributed by atoms with Crippen LogP contribution in [0.15, 0.2) is 30.3 Å². The average Bonchev–Trinajstić information content (AvgIpc) is 3.05. The molecule has 8 heteroatoms. The molecule has 0 radical (unpaired) electrons. The number of urea groups is 1. The Morgan fingerprint density at radius 1 is 1.00 bits per heavy atom. The third-order valence-corrected chi connectivity index (χ3v) is 7.40. The van der Waals surface area contributed by atoms with Crippen molar-refractivity contribution in [1.29, 1.82) is 0 Å². The molecule has 1 aromatic carbocycles. The number of piperidine rings is 2. The highest BCUT2D eigenvalue weighted by molar-refractivity contribution is 5.96. The van der Waals surface area contributed by atoms with Gasteiger partial charge in [0.2, 0.25) is 5.91 Å². The van der Waals surface area contributed by atoms with Crippen LogP contribution < -0.4 is 10.2 Å². The number of anilines is 1. The first-order chi connectivity index (χ1) is 16.1. The molecule has 3 saturated heterocycles. The lowest BCUT2D eigenvalue weighted by Gasteiger charge is -2.43. The van der Waals surface area contributed by atoms with E-state index in [9.17, 15) is 14.4 Å². The Kier molecular flexibility index (Phi) is 6.78. The number of likely N-dealkylation sites (tertiary alicyclic amines) is 2. The Bertz CT molecular complexity index is 897. The van der Waals surface area contributed by atoms with Crippen molar-refractivity contribution in [2.24, 2.45) is 5.92 Å². The first-order valence-corrected chi connectivity index (χ1v) is 12.6. The van der Waals surface area contributed by atoms with E-state index in [-0.39, 0.29) is 29.9 Å². The van der Waals surface area contributed by atoms with Gasteiger partial charge in [-0.15, -0.1) is 0 Å². The van der Waals surface area contributed by atoms with Gasteiger partial charge in [-0.05, 0) is 64.5 Å². The van der Waals surface area contributed by atoms with Gasteiger partial charge in [0.25, 0.3) is 5.91 Å². The number of amides is 4. The fourth-order valence-electron chi connectivity index (χ4n) is 5.32. The van der Waals surface area contributed by atoms with Gasteiger partial charge in [0.1, 0.15) is 12.1 Å². The minimum Gasteiger partial charge on any atom is -0.341 e. The standard InChI is InChI=1S/C26H39N5O3/c1-20-10-14-28(15-11-20)22(32)18-30-19-31(21-8-6-5-7-9-21)26(23(30)33)12-16-29(17-13-26)24(34)27-25(2,3)4/h5-9,20H,10-19H2,1-4H3,(H,27,34). The molecule has 34 heavy (non-hydrogen) atoms. The van der Waals surface area contributed by atoms with Crippen LogP contribution in [0.4, 0.5) is 10.5 Å². The van der Waals surface area contributed by atoms with E-state index in [1.807, 2.05) is 56.0 Å². The molecule has 1 N–H and O–H groups in total. The summed E-state index contributed by atoms with van der Waals surface area (Å²) in [5.41, 5.74) is -0.0592. The summed E-state index contributed by atoms with van der Waals surface area (Å²) in [5.74, 6) is 0.688. The van der Waals surface area contributed by atoms with Crippen molar-refractivity contribution in [1.82, 2.24) is 20.0 Å². The van der Waals surface area contributed by atoms with Crippen LogP contribution >= 0.6 is 0 Å². The van der Waals surface area contributed by atoms with Gasteiger partial charge in [-0.3, -0.25) is 9.59 Å². The SMILES string of the molecule is CC1CCN(C(=O)CN2CN(c3ccccc3)C3(CCN(C(=O)NC(C)(C)C)CC3)C2=O)CC1. The number of nitrogens with one attached hydrogen (secondary N) is 1. The molecule has 1 spiro atoms. The highest BCUT2D eigenvalue weighted by Gasteiger charge is 2.54. The van der Waals surface area contributed by atoms with Gasteiger partial charge in [0.15, 0.2) is 0 Å². The van der Waals surface area contributed by atoms with E-state index in [1.54, 1.807) is 9.80 Å². The zero-order valence-electron chi connectivity index (χ0n) is 21.0. The third-order valence-electron chi connectivity index (χ3n) is 7.40. The lowest BCUT2D eigenvalue weighted by atomic mass is 9.85. The molecule has 0 aliphatic carbocycles. The summed E-state index contributed by atoms with van der Waals surface area (Å²) in [7, 11) is 0. The van der Waals surface area contributed by atoms with Gasteiger partial charge in [-0.25, -0.2) is 4.79 Å². The van der Waals surface area contributed by atoms with E-state index >= 15 is 0 Å². The van der Waals surface area contributed by atoms with Gasteiger partial charge in [0, 0.05) is 37.4 Å². The number of nitrogens with zero attached hydrogens (tertiary/aromatic N) is 4. The van der Waals surface area contributed by atoms with Crippen LogP contribution in [-0.4, -0.2) is 83.0 Å². The Morgan fingerprint density at radius 3 is 2.21 bits per heavy atom. The zero-order valence-corrected chi connectivity index (χ0v) is 21.0. The number of rotatable bonds is 3. The Balaban J connectivity index is 1.50. The highest BCUT2D eigenvalue weighted by Crippen LogP contribution is 2.39. The Labute approximate surface area is 203 Å². The van der Waals surface area contributed by atoms with Crippen LogP contribution in [0.25, 0.3) is 0 Å². The first-order valence-electron chi connectivity index (χ1n) is 12.6. The van der Waals surface area contributed by atoms with Crippen molar-refractivity contribution in [2.75, 3.05) is 44.3 Å². The van der Waals surface area contributed by atoms with Crippen LogP contribution in [0.2, 0.25) is 0 Å². The van der Waals surface area contributed by atoms with Gasteiger partial charge in [-0.1, -0.05) is 25.1 Å². The molecule has 0 aromatic heterocycles. The van der Waals surface area contributed by atoms with Crippen molar-refractivity contribution in [3.05, 3.63) is 30.3 Å². The van der Waals surface area contributed by atoms with E-state index in [4.69, 9.17) is 0 Å². The fourth-order valence-corrected chi connectivity index (χ4v) is 5.32. The van der Waals surface area contributed by atoms with Crippen molar-refractivity contribution < 1.29 is 14.4 Å². The molecule has 3 fully saturated rings. The summed E-state index contributed by atoms with van der Waals surface area (Å²) in [6.45, 7) is 11.2. The lowest BCUT2D eigenvalue weighted by molar-refractivity contribution is -0.141. The highest BCUT2D eigenvalue weighted by atomic mass is 16.2. The second-order valence-corrected chi connectivity index (χ2v) is 11.2. The molecule has 1 aromatic rings. The lowest BCUT2D eigenvalue weighted by Crippen LogP contribution is -2.59. The Morgan fingerprint density at radius 2 is 1.62 bits per heavy atom. The molecule has 0 saturated carbocycles. The maximum atomic E-state index is 13.8. The maximum absolute atomic E-state index is 13.8. The number of hydrogen-bond donors (Lipinski definition) is 1. The van der Waals surface area contributed by atoms with Crippen LogP contribution in [0, 0.1) is 5.92 Å². The Hall–Kier alpha value is -2.77. The molecule has 0 unspecified atom stereocenters. The molecular weight excluding hydrogens is 430 g/mol. The smallest absolute Gasteiger partial charge is 0.317 e. The third kappa shape index (κ3) is 5.00. The van der Waals surface area contributed by atoms with Gasteiger partial charge in [0.05, 0.1) is 6.67 Å². The van der Waals surface area contributed by atoms with E-state index < -0.39 is 5.54 Å². The molecule has 3 heterocycles. The van der Waals surface area contributed by atoms with Crippen molar-refractivity contribution >= 4 is 23.5 Å². The summed E-state index contributed by atoms with van der Waals surface area (Å²) in [6.07, 6.45) is 3.13. The maximum Gasteiger partial charge on any atom is 0.317 e. The number of carbonyl (C=O) groups excluding carboxylic acids is 3. The molecule has 4 amide bonds. The molecule has 186 valence electrons. The normalized spacial score (nSPS) is 21.4. The van der Waals surface area contributed by atoms with Crippen LogP contribution in [0.1, 0.15) is 53.4 Å². The van der Waals surface area contributed by atoms with Crippen molar-refractivity contribution in [3.63, 3.8) is 0 Å². The second-order valence-electron chi connectivity index (χ2n) is 11.2. The van der Waals surface area contributed by atoms with E-state index in [2.05, 4.69) is 17.1 Å². The van der Waals surface area contributed by atoms with Crippen molar-refractivity contribution in [2.45, 2.75) is 64.5 Å². The van der Waals surface area contributed by atoms with E-state index in [0.717, 1.165) is 31.6 Å². The number of hydrogen-bond acceptors (Lipinski definition) is 4. The van der Waals surface area contributed by atoms with Crippen LogP contribution in [-0.2, 0) is 9.59 Å². The minimum atomic E-state index is -0.726. The summed E-state index contributed by atoms with van der Waals surface area (Å²) in [4.78, 5) is 47.2. The molecule has 4 rings (SSSR count). The fraction of sp³-hybridized carbons (Fsp3) is 0.654. The summed E-state index contributed by atoms with van der Waals surface area (Å²) >= 11 is 0. The molecule has 0 bridgehead atoms. The van der Waals surface area contributed by atoms with E-state index in [0.29, 0.717) is 38.5 Å². The van der Waals surface area contributed by atoms with Gasteiger partial charge >= 0.3 is 6.03 Å². The quantitative estimate of drug-likeness (QED) is 0.739. The van der Waals surface area contributed by atoms with Gasteiger partial charge < -0.3 is 24.9 Å². The first kappa shape index (κ1) is 24.4. The zero-order chi connectivity index (χ0) is 24.5. The monoisotopic (exact) mass is 469 g/mol. The van der Waals surface area contributed by atoms with Crippen LogP contribution in [0.5, 0.6) is 0 Å². The second kappa shape index (κ2) is 9.47. The predicted octanol–water partition coefficient (Wildman–Crippen LogP) is 2.89. The predicted molar refractivity (Wildman–Crippen MR) is 132 cm³/mol. The molecule has 8 nitrogen and oxygen atoms in total. The van der Waals surface area contributed by atoms with Crippen LogP contribution in [0.3, 0.4) is 0 Å². The van der Waals surface area contributed by atoms with Crippen molar-refractivity contribution in [3.8, 4) is 0 Å². The molecular formula is C26H39N5O3. The summed E-state index contributed by atoms with van der Waals surface area (Å²) in [5, 5.41) is 3.02. The summed E-state index contributed by atoms with van der Waals surface area (Å²) < 4.78 is 0.